The summed E-state index contributed by atoms with van der Waals surface area (Å²) >= 11 is 12.5. The van der Waals surface area contributed by atoms with Crippen molar-refractivity contribution >= 4 is 40.9 Å². The molecule has 0 atom stereocenters. The van der Waals surface area contributed by atoms with Gasteiger partial charge in [0.25, 0.3) is 0 Å². The highest BCUT2D eigenvalue weighted by atomic mass is 35.5. The van der Waals surface area contributed by atoms with Crippen LogP contribution in [0.3, 0.4) is 0 Å². The number of likely N-dealkylation sites (tertiary alicyclic amines) is 1. The minimum Gasteiger partial charge on any atom is -0.342 e. The van der Waals surface area contributed by atoms with Crippen LogP contribution in [0.2, 0.25) is 10.6 Å². The largest absolute Gasteiger partial charge is 0.342 e. The SMILES string of the molecule is O=C(CSc1nc(Cl)nc(Cl)n1)N1CCCCC1. The second-order valence-electron chi connectivity index (χ2n) is 3.89. The van der Waals surface area contributed by atoms with E-state index in [0.29, 0.717) is 10.9 Å². The Balaban J connectivity index is 1.88. The first-order valence-corrected chi connectivity index (χ1v) is 7.37. The van der Waals surface area contributed by atoms with Crippen molar-refractivity contribution in [2.75, 3.05) is 18.8 Å². The third kappa shape index (κ3) is 3.96. The summed E-state index contributed by atoms with van der Waals surface area (Å²) < 4.78 is 0. The fraction of sp³-hybridized carbons (Fsp3) is 0.600. The molecule has 98 valence electrons. The highest BCUT2D eigenvalue weighted by Gasteiger charge is 2.17. The van der Waals surface area contributed by atoms with Gasteiger partial charge in [-0.3, -0.25) is 4.79 Å². The lowest BCUT2D eigenvalue weighted by molar-refractivity contribution is -0.129. The molecule has 0 radical (unpaired) electrons. The van der Waals surface area contributed by atoms with E-state index in [-0.39, 0.29) is 16.5 Å². The molecule has 1 aromatic rings. The standard InChI is InChI=1S/C10H12Cl2N4OS/c11-8-13-9(12)15-10(14-8)18-6-7(17)16-4-2-1-3-5-16/h1-6H2. The van der Waals surface area contributed by atoms with Crippen molar-refractivity contribution in [2.24, 2.45) is 0 Å². The van der Waals surface area contributed by atoms with Crippen molar-refractivity contribution in [3.63, 3.8) is 0 Å². The number of hydrogen-bond donors (Lipinski definition) is 0. The van der Waals surface area contributed by atoms with Gasteiger partial charge in [-0.1, -0.05) is 11.8 Å². The summed E-state index contributed by atoms with van der Waals surface area (Å²) in [7, 11) is 0. The summed E-state index contributed by atoms with van der Waals surface area (Å²) in [5, 5.41) is 0.469. The lowest BCUT2D eigenvalue weighted by atomic mass is 10.1. The van der Waals surface area contributed by atoms with Crippen LogP contribution in [0.15, 0.2) is 5.16 Å². The predicted molar refractivity (Wildman–Crippen MR) is 71.0 cm³/mol. The molecule has 2 heterocycles. The van der Waals surface area contributed by atoms with Crippen molar-refractivity contribution in [1.29, 1.82) is 0 Å². The van der Waals surface area contributed by atoms with E-state index in [1.807, 2.05) is 4.90 Å². The van der Waals surface area contributed by atoms with Gasteiger partial charge >= 0.3 is 0 Å². The van der Waals surface area contributed by atoms with Crippen LogP contribution in [0, 0.1) is 0 Å². The van der Waals surface area contributed by atoms with Crippen LogP contribution in [0.1, 0.15) is 19.3 Å². The van der Waals surface area contributed by atoms with Crippen molar-refractivity contribution in [1.82, 2.24) is 19.9 Å². The maximum absolute atomic E-state index is 11.9. The minimum atomic E-state index is 0.0444. The van der Waals surface area contributed by atoms with Gasteiger partial charge in [0.15, 0.2) is 5.16 Å². The van der Waals surface area contributed by atoms with E-state index in [4.69, 9.17) is 23.2 Å². The fourth-order valence-electron chi connectivity index (χ4n) is 1.73. The molecule has 0 aromatic carbocycles. The molecule has 0 bridgehead atoms. The van der Waals surface area contributed by atoms with Gasteiger partial charge in [0.1, 0.15) is 0 Å². The van der Waals surface area contributed by atoms with E-state index < -0.39 is 0 Å². The van der Waals surface area contributed by atoms with E-state index in [1.54, 1.807) is 0 Å². The topological polar surface area (TPSA) is 59.0 Å². The number of carbonyl (C=O) groups is 1. The van der Waals surface area contributed by atoms with Gasteiger partial charge in [-0.25, -0.2) is 0 Å². The summed E-state index contributed by atoms with van der Waals surface area (Å²) in [6.45, 7) is 1.69. The first-order valence-electron chi connectivity index (χ1n) is 5.63. The minimum absolute atomic E-state index is 0.0444. The molecule has 1 fully saturated rings. The van der Waals surface area contributed by atoms with Crippen molar-refractivity contribution < 1.29 is 4.79 Å². The van der Waals surface area contributed by atoms with Crippen LogP contribution in [0.4, 0.5) is 0 Å². The van der Waals surface area contributed by atoms with Gasteiger partial charge in [-0.05, 0) is 42.5 Å². The van der Waals surface area contributed by atoms with E-state index in [0.717, 1.165) is 25.9 Å². The van der Waals surface area contributed by atoms with E-state index in [2.05, 4.69) is 15.0 Å². The van der Waals surface area contributed by atoms with Crippen LogP contribution < -0.4 is 0 Å². The number of aromatic nitrogens is 3. The molecule has 8 heteroatoms. The number of carbonyl (C=O) groups excluding carboxylic acids is 1. The Morgan fingerprint density at radius 2 is 1.72 bits per heavy atom. The monoisotopic (exact) mass is 306 g/mol. The predicted octanol–water partition coefficient (Wildman–Crippen LogP) is 2.28. The summed E-state index contributed by atoms with van der Waals surface area (Å²) in [6, 6.07) is 0. The molecular formula is C10H12Cl2N4OS. The maximum atomic E-state index is 11.9. The Hall–Kier alpha value is -0.590. The molecule has 1 aliphatic rings. The molecule has 2 rings (SSSR count). The van der Waals surface area contributed by atoms with Crippen LogP contribution >= 0.6 is 35.0 Å². The Labute approximate surface area is 119 Å². The fourth-order valence-corrected chi connectivity index (χ4v) is 2.94. The molecule has 1 aromatic heterocycles. The second kappa shape index (κ2) is 6.54. The van der Waals surface area contributed by atoms with Gasteiger partial charge in [-0.15, -0.1) is 0 Å². The smallest absolute Gasteiger partial charge is 0.233 e. The quantitative estimate of drug-likeness (QED) is 0.802. The number of nitrogens with zero attached hydrogens (tertiary/aromatic N) is 4. The number of amides is 1. The summed E-state index contributed by atoms with van der Waals surface area (Å²) in [4.78, 5) is 25.2. The van der Waals surface area contributed by atoms with Crippen molar-refractivity contribution in [3.05, 3.63) is 10.6 Å². The third-order valence-electron chi connectivity index (χ3n) is 2.59. The molecule has 0 saturated carbocycles. The Kier molecular flexibility index (Phi) is 5.03. The summed E-state index contributed by atoms with van der Waals surface area (Å²) in [6.07, 6.45) is 3.37. The first-order chi connectivity index (χ1) is 8.65. The van der Waals surface area contributed by atoms with Crippen molar-refractivity contribution in [2.45, 2.75) is 24.4 Å². The normalized spacial score (nSPS) is 15.8. The second-order valence-corrected chi connectivity index (χ2v) is 5.50. The number of halogens is 2. The van der Waals surface area contributed by atoms with Crippen LogP contribution in [-0.2, 0) is 4.79 Å². The Bertz CT molecular complexity index is 420. The average Bonchev–Trinajstić information content (AvgIpc) is 2.36. The number of hydrogen-bond acceptors (Lipinski definition) is 5. The van der Waals surface area contributed by atoms with E-state index in [9.17, 15) is 4.79 Å². The van der Waals surface area contributed by atoms with Gasteiger partial charge < -0.3 is 4.90 Å². The zero-order valence-corrected chi connectivity index (χ0v) is 11.9. The number of piperidine rings is 1. The van der Waals surface area contributed by atoms with Gasteiger partial charge in [0.2, 0.25) is 16.5 Å². The first kappa shape index (κ1) is 13.8. The zero-order valence-electron chi connectivity index (χ0n) is 9.60. The third-order valence-corrected chi connectivity index (χ3v) is 3.76. The highest BCUT2D eigenvalue weighted by molar-refractivity contribution is 7.99. The van der Waals surface area contributed by atoms with E-state index in [1.165, 1.54) is 18.2 Å². The van der Waals surface area contributed by atoms with Crippen LogP contribution in [0.25, 0.3) is 0 Å². The van der Waals surface area contributed by atoms with Crippen LogP contribution in [-0.4, -0.2) is 44.6 Å². The van der Waals surface area contributed by atoms with Gasteiger partial charge in [-0.2, -0.15) is 15.0 Å². The maximum Gasteiger partial charge on any atom is 0.233 e. The zero-order chi connectivity index (χ0) is 13.0. The van der Waals surface area contributed by atoms with E-state index >= 15 is 0 Å². The molecular weight excluding hydrogens is 295 g/mol. The molecule has 1 aliphatic heterocycles. The molecule has 1 amide bonds. The lowest BCUT2D eigenvalue weighted by Gasteiger charge is -2.26. The lowest BCUT2D eigenvalue weighted by Crippen LogP contribution is -2.36. The molecule has 0 aliphatic carbocycles. The van der Waals surface area contributed by atoms with Gasteiger partial charge in [0, 0.05) is 13.1 Å². The van der Waals surface area contributed by atoms with Crippen LogP contribution in [0.5, 0.6) is 0 Å². The number of rotatable bonds is 3. The molecule has 0 spiro atoms. The average molecular weight is 307 g/mol. The summed E-state index contributed by atoms with van der Waals surface area (Å²) in [5.74, 6) is 0.406. The Morgan fingerprint density at radius 3 is 2.33 bits per heavy atom. The highest BCUT2D eigenvalue weighted by Crippen LogP contribution is 2.18. The number of thioether (sulfide) groups is 1. The van der Waals surface area contributed by atoms with Gasteiger partial charge in [0.05, 0.1) is 5.75 Å². The van der Waals surface area contributed by atoms with Crippen molar-refractivity contribution in [3.8, 4) is 0 Å². The summed E-state index contributed by atoms with van der Waals surface area (Å²) in [5.41, 5.74) is 0. The molecule has 0 N–H and O–H groups in total. The molecule has 5 nitrogen and oxygen atoms in total. The molecule has 18 heavy (non-hydrogen) atoms. The Morgan fingerprint density at radius 1 is 1.11 bits per heavy atom. The molecule has 0 unspecified atom stereocenters. The molecule has 1 saturated heterocycles.